The lowest BCUT2D eigenvalue weighted by Crippen LogP contribution is -2.58. The van der Waals surface area contributed by atoms with Crippen LogP contribution in [0.1, 0.15) is 79.9 Å². The maximum Gasteiger partial charge on any atom is 0.305 e. The molecule has 0 saturated carbocycles. The lowest BCUT2D eigenvalue weighted by molar-refractivity contribution is -0.127. The number of phenols is 1. The smallest absolute Gasteiger partial charge is 0.305 e. The number of aromatic amines is 1. The molecule has 5 rings (SSSR count). The number of nitrogens with one attached hydrogen (secondary N) is 2. The van der Waals surface area contributed by atoms with Crippen LogP contribution in [0, 0.1) is 0 Å². The molecule has 236 valence electrons. The summed E-state index contributed by atoms with van der Waals surface area (Å²) in [7, 11) is 1.92. The van der Waals surface area contributed by atoms with Crippen LogP contribution in [-0.2, 0) is 11.8 Å². The van der Waals surface area contributed by atoms with Gasteiger partial charge in [0, 0.05) is 45.0 Å². The topological polar surface area (TPSA) is 123 Å². The lowest BCUT2D eigenvalue weighted by Gasteiger charge is -2.47. The number of phenolic OH excluding ortho intramolecular Hbond substituents is 1. The van der Waals surface area contributed by atoms with Crippen LogP contribution < -0.4 is 10.2 Å². The number of carbonyl (C=O) groups is 1. The van der Waals surface area contributed by atoms with Crippen molar-refractivity contribution in [3.8, 4) is 5.75 Å². The van der Waals surface area contributed by atoms with Gasteiger partial charge in [0.2, 0.25) is 0 Å². The Labute approximate surface area is 257 Å². The van der Waals surface area contributed by atoms with Crippen molar-refractivity contribution in [1.29, 1.82) is 0 Å². The number of carbonyl (C=O) groups excluding carboxylic acids is 1. The van der Waals surface area contributed by atoms with Gasteiger partial charge in [0.1, 0.15) is 17.0 Å². The average Bonchev–Trinajstić information content (AvgIpc) is 3.62. The number of thiazole rings is 1. The van der Waals surface area contributed by atoms with Crippen molar-refractivity contribution in [3.05, 3.63) is 51.4 Å². The highest BCUT2D eigenvalue weighted by Gasteiger charge is 2.41. The highest BCUT2D eigenvalue weighted by molar-refractivity contribution is 7.16. The largest absolute Gasteiger partial charge is 0.506 e. The number of rotatable bonds is 14. The number of aromatic nitrogens is 2. The Hall–Kier alpha value is -2.70. The number of aromatic hydroxyl groups is 1. The van der Waals surface area contributed by atoms with Crippen LogP contribution in [0.2, 0.25) is 0 Å². The van der Waals surface area contributed by atoms with Crippen LogP contribution in [0.3, 0.4) is 0 Å². The second-order valence-corrected chi connectivity index (χ2v) is 13.2. The van der Waals surface area contributed by atoms with Crippen molar-refractivity contribution >= 4 is 27.5 Å². The van der Waals surface area contributed by atoms with E-state index in [2.05, 4.69) is 15.2 Å². The molecule has 2 aliphatic rings. The van der Waals surface area contributed by atoms with E-state index in [1.807, 2.05) is 34.8 Å². The highest BCUT2D eigenvalue weighted by atomic mass is 32.1. The fourth-order valence-electron chi connectivity index (χ4n) is 6.47. The third-order valence-corrected chi connectivity index (χ3v) is 10.0. The monoisotopic (exact) mass is 613 g/mol. The normalized spacial score (nSPS) is 18.0. The lowest BCUT2D eigenvalue weighted by atomic mass is 9.89. The molecule has 2 aliphatic heterocycles. The van der Waals surface area contributed by atoms with Gasteiger partial charge in [0.05, 0.1) is 29.6 Å². The molecule has 0 bridgehead atoms. The number of aryl methyl sites for hydroxylation is 1. The van der Waals surface area contributed by atoms with Crippen molar-refractivity contribution in [2.45, 2.75) is 69.5 Å². The number of aliphatic hydroxyl groups excluding tert-OH is 1. The summed E-state index contributed by atoms with van der Waals surface area (Å²) in [5.74, 6) is 0.135. The van der Waals surface area contributed by atoms with Crippen LogP contribution in [0.15, 0.2) is 35.3 Å². The molecule has 0 radical (unpaired) electrons. The summed E-state index contributed by atoms with van der Waals surface area (Å²) < 4.78 is 8.79. The molecule has 43 heavy (non-hydrogen) atoms. The number of hydrogen-bond donors (Lipinski definition) is 4. The molecule has 1 atom stereocenters. The molecule has 2 aromatic heterocycles. The zero-order valence-electron chi connectivity index (χ0n) is 25.4. The van der Waals surface area contributed by atoms with E-state index in [9.17, 15) is 19.8 Å². The molecule has 1 amide bonds. The first-order chi connectivity index (χ1) is 20.8. The van der Waals surface area contributed by atoms with Gasteiger partial charge in [0.15, 0.2) is 0 Å². The van der Waals surface area contributed by atoms with Crippen molar-refractivity contribution < 1.29 is 19.7 Å². The van der Waals surface area contributed by atoms with Gasteiger partial charge in [-0.1, -0.05) is 49.5 Å². The van der Waals surface area contributed by atoms with E-state index in [0.29, 0.717) is 42.0 Å². The minimum Gasteiger partial charge on any atom is -0.506 e. The number of fused-ring (bicyclic) bond motifs is 1. The van der Waals surface area contributed by atoms with Gasteiger partial charge < -0.3 is 39.6 Å². The van der Waals surface area contributed by atoms with Gasteiger partial charge in [-0.2, -0.15) is 0 Å². The molecule has 0 unspecified atom stereocenters. The summed E-state index contributed by atoms with van der Waals surface area (Å²) in [5.41, 5.74) is 1.62. The molecule has 1 spiro atoms. The standard InChI is InChI=1S/C32H47N5O5S/c1-35-16-9-10-25(35)30(40)37-20-21-42-32(23-37)13-18-36(19-14-32)17-8-6-4-2-3-5-7-15-33-22-27(39)24-11-12-26(38)28-29(24)43-31(41)34-28/h9-12,16,27,33,38-39H,2-8,13-15,17-23H2,1H3,(H,34,41)/t27-/m0/s1. The molecule has 2 fully saturated rings. The molecule has 3 aromatic rings. The number of H-pyrrole nitrogens is 1. The van der Waals surface area contributed by atoms with Gasteiger partial charge in [-0.15, -0.1) is 0 Å². The molecular formula is C32H47N5O5S. The number of likely N-dealkylation sites (tertiary alicyclic amines) is 1. The van der Waals surface area contributed by atoms with Crippen LogP contribution in [0.4, 0.5) is 0 Å². The summed E-state index contributed by atoms with van der Waals surface area (Å²) in [6.07, 6.45) is 11.6. The summed E-state index contributed by atoms with van der Waals surface area (Å²) in [6.45, 7) is 6.46. The summed E-state index contributed by atoms with van der Waals surface area (Å²) in [6, 6.07) is 7.02. The highest BCUT2D eigenvalue weighted by Crippen LogP contribution is 2.32. The number of aliphatic hydroxyl groups is 1. The maximum atomic E-state index is 13.0. The Balaban J connectivity index is 0.885. The third kappa shape index (κ3) is 8.07. The molecule has 4 heterocycles. The first kappa shape index (κ1) is 31.7. The quantitative estimate of drug-likeness (QED) is 0.203. The predicted octanol–water partition coefficient (Wildman–Crippen LogP) is 3.99. The van der Waals surface area contributed by atoms with E-state index in [1.54, 1.807) is 6.07 Å². The second-order valence-electron chi connectivity index (χ2n) is 12.2. The Morgan fingerprint density at radius 1 is 1.09 bits per heavy atom. The van der Waals surface area contributed by atoms with Crippen LogP contribution >= 0.6 is 11.3 Å². The molecule has 11 heteroatoms. The zero-order valence-corrected chi connectivity index (χ0v) is 26.2. The number of hydrogen-bond acceptors (Lipinski definition) is 8. The van der Waals surface area contributed by atoms with Gasteiger partial charge in [0.25, 0.3) is 5.91 Å². The van der Waals surface area contributed by atoms with Crippen molar-refractivity contribution in [1.82, 2.24) is 24.7 Å². The van der Waals surface area contributed by atoms with E-state index in [-0.39, 0.29) is 22.1 Å². The fraction of sp³-hybridized carbons (Fsp3) is 0.625. The number of amides is 1. The van der Waals surface area contributed by atoms with Crippen molar-refractivity contribution in [3.63, 3.8) is 0 Å². The first-order valence-corrected chi connectivity index (χ1v) is 16.7. The Morgan fingerprint density at radius 3 is 2.58 bits per heavy atom. The van der Waals surface area contributed by atoms with E-state index in [4.69, 9.17) is 4.74 Å². The van der Waals surface area contributed by atoms with E-state index >= 15 is 0 Å². The molecule has 10 nitrogen and oxygen atoms in total. The fourth-order valence-corrected chi connectivity index (χ4v) is 7.39. The number of nitrogens with zero attached hydrogens (tertiary/aromatic N) is 3. The van der Waals surface area contributed by atoms with Gasteiger partial charge >= 0.3 is 4.87 Å². The predicted molar refractivity (Wildman–Crippen MR) is 170 cm³/mol. The number of morpholine rings is 1. The van der Waals surface area contributed by atoms with Crippen LogP contribution in [0.5, 0.6) is 5.75 Å². The third-order valence-electron chi connectivity index (χ3n) is 9.08. The summed E-state index contributed by atoms with van der Waals surface area (Å²) in [4.78, 5) is 31.6. The molecule has 1 aromatic carbocycles. The van der Waals surface area contributed by atoms with Gasteiger partial charge in [-0.05, 0) is 57.0 Å². The Morgan fingerprint density at radius 2 is 1.84 bits per heavy atom. The summed E-state index contributed by atoms with van der Waals surface area (Å²) in [5, 5.41) is 23.9. The number of benzene rings is 1. The molecule has 0 aliphatic carbocycles. The van der Waals surface area contributed by atoms with Gasteiger partial charge in [-0.25, -0.2) is 0 Å². The second kappa shape index (κ2) is 14.9. The molecular weight excluding hydrogens is 566 g/mol. The van der Waals surface area contributed by atoms with Crippen molar-refractivity contribution in [2.75, 3.05) is 52.4 Å². The summed E-state index contributed by atoms with van der Waals surface area (Å²) >= 11 is 1.01. The SMILES string of the molecule is Cn1cccc1C(=O)N1CCOC2(CCN(CCCCCCCCCNC[C@H](O)c3ccc(O)c4[nH]c(=O)sc34)CC2)C1. The van der Waals surface area contributed by atoms with Crippen molar-refractivity contribution in [2.24, 2.45) is 7.05 Å². The Bertz CT molecular complexity index is 1390. The molecule has 4 N–H and O–H groups in total. The first-order valence-electron chi connectivity index (χ1n) is 15.9. The van der Waals surface area contributed by atoms with Crippen LogP contribution in [-0.4, -0.2) is 93.5 Å². The zero-order chi connectivity index (χ0) is 30.2. The number of piperidine rings is 1. The van der Waals surface area contributed by atoms with E-state index in [0.717, 1.165) is 62.5 Å². The average molecular weight is 614 g/mol. The van der Waals surface area contributed by atoms with Gasteiger partial charge in [-0.3, -0.25) is 9.59 Å². The minimum atomic E-state index is -0.728. The maximum absolute atomic E-state index is 13.0. The minimum absolute atomic E-state index is 0.0255. The van der Waals surface area contributed by atoms with Crippen LogP contribution in [0.25, 0.3) is 10.2 Å². The number of unbranched alkanes of at least 4 members (excludes halogenated alkanes) is 6. The van der Waals surface area contributed by atoms with E-state index < -0.39 is 6.10 Å². The van der Waals surface area contributed by atoms with E-state index in [1.165, 1.54) is 44.6 Å². The number of ether oxygens (including phenoxy) is 1. The molecule has 2 saturated heterocycles. The Kier molecular flexibility index (Phi) is 11.0.